The molecular formula is C12H26N2O2. The van der Waals surface area contributed by atoms with E-state index in [1.807, 2.05) is 14.0 Å². The maximum absolute atomic E-state index is 9.66. The van der Waals surface area contributed by atoms with E-state index in [1.54, 1.807) is 0 Å². The zero-order valence-electron chi connectivity index (χ0n) is 10.6. The Balaban J connectivity index is 1.89. The average molecular weight is 230 g/mol. The second-order valence-corrected chi connectivity index (χ2v) is 4.74. The van der Waals surface area contributed by atoms with Crippen LogP contribution in [0.5, 0.6) is 0 Å². The molecule has 1 unspecified atom stereocenters. The van der Waals surface area contributed by atoms with Gasteiger partial charge in [-0.15, -0.1) is 0 Å². The van der Waals surface area contributed by atoms with Crippen molar-refractivity contribution < 1.29 is 9.84 Å². The molecule has 0 bridgehead atoms. The maximum atomic E-state index is 9.66. The molecule has 0 heterocycles. The average Bonchev–Trinajstić information content (AvgIpc) is 3.05. The molecule has 4 heteroatoms. The lowest BCUT2D eigenvalue weighted by Crippen LogP contribution is -2.37. The van der Waals surface area contributed by atoms with E-state index >= 15 is 0 Å². The van der Waals surface area contributed by atoms with Gasteiger partial charge in [-0.05, 0) is 32.4 Å². The van der Waals surface area contributed by atoms with Crippen molar-refractivity contribution in [1.29, 1.82) is 0 Å². The maximum Gasteiger partial charge on any atom is 0.0791 e. The van der Waals surface area contributed by atoms with E-state index < -0.39 is 0 Å². The number of likely N-dealkylation sites (N-methyl/N-ethyl adjacent to an activating group) is 2. The molecular weight excluding hydrogens is 204 g/mol. The summed E-state index contributed by atoms with van der Waals surface area (Å²) in [5.74, 6) is 0.838. The number of rotatable bonds is 10. The van der Waals surface area contributed by atoms with Crippen molar-refractivity contribution in [3.63, 3.8) is 0 Å². The normalized spacial score (nSPS) is 18.0. The lowest BCUT2D eigenvalue weighted by atomic mass is 10.3. The monoisotopic (exact) mass is 230 g/mol. The topological polar surface area (TPSA) is 44.7 Å². The predicted octanol–water partition coefficient (Wildman–Crippen LogP) is 0.315. The zero-order valence-corrected chi connectivity index (χ0v) is 10.6. The molecule has 1 aliphatic carbocycles. The second kappa shape index (κ2) is 8.01. The van der Waals surface area contributed by atoms with Crippen molar-refractivity contribution in [3.8, 4) is 0 Å². The van der Waals surface area contributed by atoms with Crippen molar-refractivity contribution >= 4 is 0 Å². The number of nitrogens with one attached hydrogen (secondary N) is 1. The Bertz CT molecular complexity index is 174. The molecule has 0 aliphatic heterocycles. The van der Waals surface area contributed by atoms with Gasteiger partial charge in [0, 0.05) is 26.2 Å². The van der Waals surface area contributed by atoms with E-state index in [0.717, 1.165) is 32.2 Å². The van der Waals surface area contributed by atoms with Gasteiger partial charge in [0.05, 0.1) is 12.7 Å². The van der Waals surface area contributed by atoms with Crippen LogP contribution >= 0.6 is 0 Å². The fraction of sp³-hybridized carbons (Fsp3) is 1.00. The highest BCUT2D eigenvalue weighted by molar-refractivity contribution is 4.72. The molecule has 0 aromatic heterocycles. The molecule has 1 fully saturated rings. The first-order chi connectivity index (χ1) is 7.72. The third-order valence-corrected chi connectivity index (χ3v) is 2.82. The number of hydrogen-bond donors (Lipinski definition) is 2. The fourth-order valence-electron chi connectivity index (χ4n) is 1.58. The first-order valence-electron chi connectivity index (χ1n) is 6.37. The molecule has 0 aromatic rings. The standard InChI is InChI=1S/C12H26N2O2/c1-3-13-8-12(15)9-14(2)6-7-16-10-11-4-5-11/h11-13,15H,3-10H2,1-2H3. The van der Waals surface area contributed by atoms with Crippen molar-refractivity contribution in [2.24, 2.45) is 5.92 Å². The van der Waals surface area contributed by atoms with Gasteiger partial charge in [0.25, 0.3) is 0 Å². The molecule has 0 spiro atoms. The molecule has 0 radical (unpaired) electrons. The van der Waals surface area contributed by atoms with Crippen LogP contribution in [0.3, 0.4) is 0 Å². The van der Waals surface area contributed by atoms with E-state index in [4.69, 9.17) is 4.74 Å². The molecule has 0 aromatic carbocycles. The minimum Gasteiger partial charge on any atom is -0.390 e. The van der Waals surface area contributed by atoms with Gasteiger partial charge < -0.3 is 20.1 Å². The predicted molar refractivity (Wildman–Crippen MR) is 65.6 cm³/mol. The third-order valence-electron chi connectivity index (χ3n) is 2.82. The lowest BCUT2D eigenvalue weighted by Gasteiger charge is -2.20. The van der Waals surface area contributed by atoms with Gasteiger partial charge in [-0.3, -0.25) is 0 Å². The summed E-state index contributed by atoms with van der Waals surface area (Å²) in [7, 11) is 2.02. The van der Waals surface area contributed by atoms with E-state index in [0.29, 0.717) is 13.1 Å². The molecule has 0 amide bonds. The summed E-state index contributed by atoms with van der Waals surface area (Å²) in [5.41, 5.74) is 0. The van der Waals surface area contributed by atoms with E-state index in [-0.39, 0.29) is 6.10 Å². The Morgan fingerprint density at radius 1 is 1.50 bits per heavy atom. The SMILES string of the molecule is CCNCC(O)CN(C)CCOCC1CC1. The Labute approximate surface area is 99.0 Å². The Morgan fingerprint density at radius 3 is 2.88 bits per heavy atom. The zero-order chi connectivity index (χ0) is 11.8. The van der Waals surface area contributed by atoms with Gasteiger partial charge >= 0.3 is 0 Å². The molecule has 2 N–H and O–H groups in total. The Kier molecular flexibility index (Phi) is 6.96. The lowest BCUT2D eigenvalue weighted by molar-refractivity contribution is 0.0795. The molecule has 1 aliphatic rings. The summed E-state index contributed by atoms with van der Waals surface area (Å²) in [4.78, 5) is 2.12. The number of hydrogen-bond acceptors (Lipinski definition) is 4. The van der Waals surface area contributed by atoms with E-state index in [1.165, 1.54) is 12.8 Å². The van der Waals surface area contributed by atoms with Crippen molar-refractivity contribution in [2.75, 3.05) is 46.4 Å². The van der Waals surface area contributed by atoms with E-state index in [2.05, 4.69) is 10.2 Å². The van der Waals surface area contributed by atoms with Gasteiger partial charge in [0.1, 0.15) is 0 Å². The first kappa shape index (κ1) is 13.9. The summed E-state index contributed by atoms with van der Waals surface area (Å²) in [6.45, 7) is 6.93. The highest BCUT2D eigenvalue weighted by Gasteiger charge is 2.20. The summed E-state index contributed by atoms with van der Waals surface area (Å²) in [6, 6.07) is 0. The van der Waals surface area contributed by atoms with Crippen molar-refractivity contribution in [3.05, 3.63) is 0 Å². The number of aliphatic hydroxyl groups is 1. The first-order valence-corrected chi connectivity index (χ1v) is 6.37. The fourth-order valence-corrected chi connectivity index (χ4v) is 1.58. The van der Waals surface area contributed by atoms with Gasteiger partial charge in [-0.25, -0.2) is 0 Å². The van der Waals surface area contributed by atoms with Crippen LogP contribution in [-0.4, -0.2) is 62.6 Å². The van der Waals surface area contributed by atoms with Crippen LogP contribution in [0, 0.1) is 5.92 Å². The smallest absolute Gasteiger partial charge is 0.0791 e. The number of nitrogens with zero attached hydrogens (tertiary/aromatic N) is 1. The van der Waals surface area contributed by atoms with Crippen LogP contribution in [0.15, 0.2) is 0 Å². The van der Waals surface area contributed by atoms with Crippen LogP contribution in [0.25, 0.3) is 0 Å². The number of ether oxygens (including phenoxy) is 1. The van der Waals surface area contributed by atoms with Crippen LogP contribution in [0.2, 0.25) is 0 Å². The summed E-state index contributed by atoms with van der Waals surface area (Å²) in [6.07, 6.45) is 2.41. The van der Waals surface area contributed by atoms with Crippen LogP contribution in [0.1, 0.15) is 19.8 Å². The van der Waals surface area contributed by atoms with Gasteiger partial charge in [0.2, 0.25) is 0 Å². The third kappa shape index (κ3) is 7.17. The molecule has 1 rings (SSSR count). The van der Waals surface area contributed by atoms with Crippen LogP contribution in [-0.2, 0) is 4.74 Å². The molecule has 1 atom stereocenters. The largest absolute Gasteiger partial charge is 0.390 e. The second-order valence-electron chi connectivity index (χ2n) is 4.74. The summed E-state index contributed by atoms with van der Waals surface area (Å²) in [5, 5.41) is 12.8. The van der Waals surface area contributed by atoms with E-state index in [9.17, 15) is 5.11 Å². The minimum atomic E-state index is -0.284. The van der Waals surface area contributed by atoms with Crippen LogP contribution in [0.4, 0.5) is 0 Å². The summed E-state index contributed by atoms with van der Waals surface area (Å²) >= 11 is 0. The Morgan fingerprint density at radius 2 is 2.25 bits per heavy atom. The number of aliphatic hydroxyl groups excluding tert-OH is 1. The van der Waals surface area contributed by atoms with Gasteiger partial charge in [-0.1, -0.05) is 6.92 Å². The molecule has 16 heavy (non-hydrogen) atoms. The van der Waals surface area contributed by atoms with Crippen molar-refractivity contribution in [2.45, 2.75) is 25.9 Å². The summed E-state index contributed by atoms with van der Waals surface area (Å²) < 4.78 is 5.55. The van der Waals surface area contributed by atoms with Gasteiger partial charge in [-0.2, -0.15) is 0 Å². The molecule has 4 nitrogen and oxygen atoms in total. The quantitative estimate of drug-likeness (QED) is 0.530. The molecule has 1 saturated carbocycles. The minimum absolute atomic E-state index is 0.284. The van der Waals surface area contributed by atoms with Crippen LogP contribution < -0.4 is 5.32 Å². The Hall–Kier alpha value is -0.160. The van der Waals surface area contributed by atoms with Gasteiger partial charge in [0.15, 0.2) is 0 Å². The molecule has 0 saturated heterocycles. The molecule has 96 valence electrons. The highest BCUT2D eigenvalue weighted by atomic mass is 16.5. The van der Waals surface area contributed by atoms with Crippen molar-refractivity contribution in [1.82, 2.24) is 10.2 Å². The highest BCUT2D eigenvalue weighted by Crippen LogP contribution is 2.28.